The van der Waals surface area contributed by atoms with Gasteiger partial charge in [0.25, 0.3) is 0 Å². The Morgan fingerprint density at radius 1 is 1.35 bits per heavy atom. The number of aryl methyl sites for hydroxylation is 2. The topological polar surface area (TPSA) is 50.4 Å². The van der Waals surface area contributed by atoms with Crippen LogP contribution in [0, 0.1) is 12.7 Å². The van der Waals surface area contributed by atoms with Gasteiger partial charge in [-0.1, -0.05) is 13.0 Å². The van der Waals surface area contributed by atoms with Gasteiger partial charge in [0.15, 0.2) is 5.11 Å². The van der Waals surface area contributed by atoms with E-state index in [1.165, 1.54) is 30.6 Å². The molecule has 0 aliphatic heterocycles. The first-order valence-corrected chi connectivity index (χ1v) is 8.22. The number of hydrogen-bond acceptors (Lipinski definition) is 4. The molecule has 23 heavy (non-hydrogen) atoms. The molecule has 1 heterocycles. The zero-order valence-corrected chi connectivity index (χ0v) is 14.7. The van der Waals surface area contributed by atoms with Crippen LogP contribution in [0.4, 0.5) is 15.1 Å². The second kappa shape index (κ2) is 7.52. The van der Waals surface area contributed by atoms with Crippen molar-refractivity contribution >= 4 is 45.3 Å². The van der Waals surface area contributed by atoms with E-state index in [0.717, 1.165) is 16.9 Å². The molecule has 0 saturated heterocycles. The third-order valence-corrected chi connectivity index (χ3v) is 4.61. The van der Waals surface area contributed by atoms with E-state index in [1.54, 1.807) is 12.1 Å². The molecule has 0 saturated carbocycles. The maximum absolute atomic E-state index is 13.3. The highest BCUT2D eigenvalue weighted by Gasteiger charge is 2.17. The Balaban J connectivity index is 2.18. The van der Waals surface area contributed by atoms with Crippen LogP contribution in [-0.4, -0.2) is 18.2 Å². The summed E-state index contributed by atoms with van der Waals surface area (Å²) < 4.78 is 18.1. The number of methoxy groups -OCH3 is 1. The van der Waals surface area contributed by atoms with E-state index < -0.39 is 5.97 Å². The van der Waals surface area contributed by atoms with Gasteiger partial charge in [-0.3, -0.25) is 0 Å². The first-order valence-electron chi connectivity index (χ1n) is 6.99. The molecule has 7 heteroatoms. The van der Waals surface area contributed by atoms with E-state index in [0.29, 0.717) is 16.3 Å². The number of rotatable bonds is 4. The smallest absolute Gasteiger partial charge is 0.340 e. The Bertz CT molecular complexity index is 744. The molecule has 0 unspecified atom stereocenters. The molecular formula is C16H17FN2O2S2. The molecule has 1 aromatic heterocycles. The molecule has 0 atom stereocenters. The van der Waals surface area contributed by atoms with Crippen LogP contribution >= 0.6 is 23.6 Å². The lowest BCUT2D eigenvalue weighted by molar-refractivity contribution is 0.0602. The highest BCUT2D eigenvalue weighted by Crippen LogP contribution is 2.29. The predicted molar refractivity (Wildman–Crippen MR) is 96.0 cm³/mol. The number of halogens is 1. The van der Waals surface area contributed by atoms with Crippen molar-refractivity contribution in [3.05, 3.63) is 46.1 Å². The van der Waals surface area contributed by atoms with Gasteiger partial charge in [-0.15, -0.1) is 11.3 Å². The number of carbonyl (C=O) groups is 1. The number of esters is 1. The summed E-state index contributed by atoms with van der Waals surface area (Å²) in [5.74, 6) is -0.770. The number of ether oxygens (including phenoxy) is 1. The van der Waals surface area contributed by atoms with E-state index in [9.17, 15) is 9.18 Å². The maximum Gasteiger partial charge on any atom is 0.340 e. The number of nitrogens with one attached hydrogen (secondary N) is 2. The molecule has 2 rings (SSSR count). The van der Waals surface area contributed by atoms with Crippen molar-refractivity contribution in [3.63, 3.8) is 0 Å². The van der Waals surface area contributed by atoms with Gasteiger partial charge in [0.2, 0.25) is 0 Å². The zero-order chi connectivity index (χ0) is 17.0. The molecule has 0 spiro atoms. The number of hydrogen-bond donors (Lipinski definition) is 2. The van der Waals surface area contributed by atoms with Gasteiger partial charge in [-0.2, -0.15) is 0 Å². The highest BCUT2D eigenvalue weighted by molar-refractivity contribution is 7.80. The minimum Gasteiger partial charge on any atom is -0.465 e. The highest BCUT2D eigenvalue weighted by atomic mass is 32.1. The zero-order valence-electron chi connectivity index (χ0n) is 13.0. The average Bonchev–Trinajstić information content (AvgIpc) is 2.93. The fraction of sp³-hybridized carbons (Fsp3) is 0.250. The van der Waals surface area contributed by atoms with Crippen LogP contribution in [0.2, 0.25) is 0 Å². The SMILES string of the molecule is CCc1cc(C(=O)OC)c(NC(=S)Nc2cc(F)ccc2C)s1. The number of thiophene rings is 1. The minimum absolute atomic E-state index is 0.286. The number of thiocarbonyl (C=S) groups is 1. The van der Waals surface area contributed by atoms with Crippen molar-refractivity contribution < 1.29 is 13.9 Å². The first kappa shape index (κ1) is 17.4. The van der Waals surface area contributed by atoms with E-state index in [4.69, 9.17) is 17.0 Å². The Hall–Kier alpha value is -1.99. The summed E-state index contributed by atoms with van der Waals surface area (Å²) in [6.07, 6.45) is 0.805. The molecule has 0 aliphatic carbocycles. The number of anilines is 2. The third kappa shape index (κ3) is 4.27. The van der Waals surface area contributed by atoms with Gasteiger partial charge in [0.1, 0.15) is 10.8 Å². The number of carbonyl (C=O) groups excluding carboxylic acids is 1. The Morgan fingerprint density at radius 3 is 2.74 bits per heavy atom. The summed E-state index contributed by atoms with van der Waals surface area (Å²) >= 11 is 6.69. The molecule has 2 N–H and O–H groups in total. The van der Waals surface area contributed by atoms with Crippen LogP contribution in [0.25, 0.3) is 0 Å². The van der Waals surface area contributed by atoms with Crippen LogP contribution in [0.15, 0.2) is 24.3 Å². The molecule has 0 radical (unpaired) electrons. The van der Waals surface area contributed by atoms with Crippen LogP contribution in [0.3, 0.4) is 0 Å². The normalized spacial score (nSPS) is 10.3. The molecule has 0 bridgehead atoms. The van der Waals surface area contributed by atoms with E-state index in [1.807, 2.05) is 13.8 Å². The van der Waals surface area contributed by atoms with Crippen LogP contribution in [0.1, 0.15) is 27.7 Å². The van der Waals surface area contributed by atoms with E-state index >= 15 is 0 Å². The largest absolute Gasteiger partial charge is 0.465 e. The minimum atomic E-state index is -0.423. The second-order valence-electron chi connectivity index (χ2n) is 4.84. The van der Waals surface area contributed by atoms with Gasteiger partial charge in [0.05, 0.1) is 12.7 Å². The van der Waals surface area contributed by atoms with Crippen LogP contribution in [-0.2, 0) is 11.2 Å². The fourth-order valence-electron chi connectivity index (χ4n) is 1.96. The van der Waals surface area contributed by atoms with Gasteiger partial charge in [-0.25, -0.2) is 9.18 Å². The van der Waals surface area contributed by atoms with Crippen molar-refractivity contribution in [2.75, 3.05) is 17.7 Å². The molecule has 122 valence electrons. The Kier molecular flexibility index (Phi) is 5.68. The van der Waals surface area contributed by atoms with Gasteiger partial charge < -0.3 is 15.4 Å². The van der Waals surface area contributed by atoms with Crippen molar-refractivity contribution in [3.8, 4) is 0 Å². The molecule has 0 aliphatic rings. The van der Waals surface area contributed by atoms with Crippen molar-refractivity contribution in [2.24, 2.45) is 0 Å². The lowest BCUT2D eigenvalue weighted by atomic mass is 10.2. The summed E-state index contributed by atoms with van der Waals surface area (Å²) in [5.41, 5.74) is 1.88. The second-order valence-corrected chi connectivity index (χ2v) is 6.38. The predicted octanol–water partition coefficient (Wildman–Crippen LogP) is 4.35. The molecular weight excluding hydrogens is 335 g/mol. The molecule has 2 aromatic rings. The standard InChI is InChI=1S/C16H17FN2O2S2/c1-4-11-8-12(15(20)21-3)14(23-11)19-16(22)18-13-7-10(17)6-5-9(13)2/h5-8H,4H2,1-3H3,(H2,18,19,22). The number of benzene rings is 1. The summed E-state index contributed by atoms with van der Waals surface area (Å²) in [4.78, 5) is 12.9. The van der Waals surface area contributed by atoms with Crippen molar-refractivity contribution in [2.45, 2.75) is 20.3 Å². The van der Waals surface area contributed by atoms with Gasteiger partial charge >= 0.3 is 5.97 Å². The summed E-state index contributed by atoms with van der Waals surface area (Å²) in [6, 6.07) is 6.21. The summed E-state index contributed by atoms with van der Waals surface area (Å²) in [7, 11) is 1.34. The Labute approximate surface area is 143 Å². The monoisotopic (exact) mass is 352 g/mol. The quantitative estimate of drug-likeness (QED) is 0.633. The molecule has 4 nitrogen and oxygen atoms in total. The van der Waals surface area contributed by atoms with Crippen molar-refractivity contribution in [1.82, 2.24) is 0 Å². The first-order chi connectivity index (χ1) is 10.9. The fourth-order valence-corrected chi connectivity index (χ4v) is 3.22. The molecule has 1 aromatic carbocycles. The third-order valence-electron chi connectivity index (χ3n) is 3.21. The van der Waals surface area contributed by atoms with E-state index in [2.05, 4.69) is 10.6 Å². The lowest BCUT2D eigenvalue weighted by Gasteiger charge is -2.12. The maximum atomic E-state index is 13.3. The summed E-state index contributed by atoms with van der Waals surface area (Å²) in [5, 5.41) is 6.83. The van der Waals surface area contributed by atoms with Crippen LogP contribution in [0.5, 0.6) is 0 Å². The lowest BCUT2D eigenvalue weighted by Crippen LogP contribution is -2.20. The van der Waals surface area contributed by atoms with E-state index in [-0.39, 0.29) is 10.9 Å². The van der Waals surface area contributed by atoms with Crippen LogP contribution < -0.4 is 10.6 Å². The Morgan fingerprint density at radius 2 is 2.09 bits per heavy atom. The average molecular weight is 352 g/mol. The van der Waals surface area contributed by atoms with Gasteiger partial charge in [0, 0.05) is 10.6 Å². The van der Waals surface area contributed by atoms with Gasteiger partial charge in [-0.05, 0) is 49.3 Å². The van der Waals surface area contributed by atoms with Crippen molar-refractivity contribution in [1.29, 1.82) is 0 Å². The molecule has 0 fully saturated rings. The summed E-state index contributed by atoms with van der Waals surface area (Å²) in [6.45, 7) is 3.86. The molecule has 0 amide bonds.